The zero-order valence-electron chi connectivity index (χ0n) is 18.0. The van der Waals surface area contributed by atoms with Gasteiger partial charge in [0.05, 0.1) is 11.1 Å². The Morgan fingerprint density at radius 3 is 2.69 bits per heavy atom. The molecule has 1 atom stereocenters. The summed E-state index contributed by atoms with van der Waals surface area (Å²) in [5.41, 5.74) is 1.19. The van der Waals surface area contributed by atoms with E-state index < -0.39 is 0 Å². The SMILES string of the molecule is C=CCn1c(SCC(=O)N(C(C)C)C(C)C)nc2sc3c(c2c1=O)CC[C@@H](C)C3. The second-order valence-electron chi connectivity index (χ2n) is 8.41. The highest BCUT2D eigenvalue weighted by atomic mass is 32.2. The molecule has 0 saturated carbocycles. The topological polar surface area (TPSA) is 55.2 Å². The van der Waals surface area contributed by atoms with E-state index in [2.05, 4.69) is 13.5 Å². The number of amides is 1. The molecule has 3 rings (SSSR count). The van der Waals surface area contributed by atoms with E-state index in [1.54, 1.807) is 22.0 Å². The number of carbonyl (C=O) groups is 1. The quantitative estimate of drug-likeness (QED) is 0.366. The lowest BCUT2D eigenvalue weighted by Crippen LogP contribution is -2.43. The number of hydrogen-bond donors (Lipinski definition) is 0. The predicted octanol–water partition coefficient (Wildman–Crippen LogP) is 4.51. The zero-order valence-corrected chi connectivity index (χ0v) is 19.7. The Labute approximate surface area is 181 Å². The number of fused-ring (bicyclic) bond motifs is 3. The summed E-state index contributed by atoms with van der Waals surface area (Å²) < 4.78 is 1.67. The molecule has 0 N–H and O–H groups in total. The molecule has 0 saturated heterocycles. The number of nitrogens with zero attached hydrogens (tertiary/aromatic N) is 3. The summed E-state index contributed by atoms with van der Waals surface area (Å²) in [4.78, 5) is 34.9. The van der Waals surface area contributed by atoms with E-state index in [0.29, 0.717) is 17.6 Å². The third kappa shape index (κ3) is 4.45. The first-order valence-corrected chi connectivity index (χ1v) is 12.1. The fourth-order valence-corrected chi connectivity index (χ4v) is 6.48. The van der Waals surface area contributed by atoms with Gasteiger partial charge in [0, 0.05) is 23.5 Å². The summed E-state index contributed by atoms with van der Waals surface area (Å²) in [6, 6.07) is 0.278. The second-order valence-corrected chi connectivity index (χ2v) is 10.4. The molecule has 0 spiro atoms. The molecule has 29 heavy (non-hydrogen) atoms. The van der Waals surface area contributed by atoms with Gasteiger partial charge in [-0.3, -0.25) is 14.2 Å². The smallest absolute Gasteiger partial charge is 0.263 e. The van der Waals surface area contributed by atoms with E-state index in [0.717, 1.165) is 29.5 Å². The summed E-state index contributed by atoms with van der Waals surface area (Å²) in [7, 11) is 0. The number of allylic oxidation sites excluding steroid dienone is 1. The molecular weight excluding hydrogens is 402 g/mol. The highest BCUT2D eigenvalue weighted by Crippen LogP contribution is 2.36. The van der Waals surface area contributed by atoms with E-state index in [1.807, 2.05) is 32.6 Å². The summed E-state index contributed by atoms with van der Waals surface area (Å²) >= 11 is 3.00. The van der Waals surface area contributed by atoms with Crippen molar-refractivity contribution in [1.29, 1.82) is 0 Å². The molecule has 0 unspecified atom stereocenters. The van der Waals surface area contributed by atoms with Gasteiger partial charge in [0.25, 0.3) is 5.56 Å². The average Bonchev–Trinajstić information content (AvgIpc) is 2.99. The number of rotatable bonds is 7. The molecule has 1 aliphatic carbocycles. The monoisotopic (exact) mass is 433 g/mol. The molecule has 0 bridgehead atoms. The molecule has 0 aromatic carbocycles. The van der Waals surface area contributed by atoms with Crippen LogP contribution in [0.3, 0.4) is 0 Å². The number of thioether (sulfide) groups is 1. The highest BCUT2D eigenvalue weighted by molar-refractivity contribution is 7.99. The van der Waals surface area contributed by atoms with Crippen molar-refractivity contribution in [3.05, 3.63) is 33.4 Å². The normalized spacial score (nSPS) is 16.4. The molecule has 7 heteroatoms. The zero-order chi connectivity index (χ0) is 21.3. The lowest BCUT2D eigenvalue weighted by Gasteiger charge is -2.30. The molecule has 1 amide bonds. The molecule has 2 aromatic heterocycles. The van der Waals surface area contributed by atoms with Crippen LogP contribution in [0.1, 0.15) is 51.5 Å². The van der Waals surface area contributed by atoms with Gasteiger partial charge in [-0.25, -0.2) is 4.98 Å². The van der Waals surface area contributed by atoms with Crippen LogP contribution < -0.4 is 5.56 Å². The van der Waals surface area contributed by atoms with Gasteiger partial charge in [0.15, 0.2) is 5.16 Å². The average molecular weight is 434 g/mol. The van der Waals surface area contributed by atoms with Gasteiger partial charge in [-0.05, 0) is 58.4 Å². The Bertz CT molecular complexity index is 967. The Morgan fingerprint density at radius 1 is 1.38 bits per heavy atom. The van der Waals surface area contributed by atoms with Crippen molar-refractivity contribution in [1.82, 2.24) is 14.5 Å². The standard InChI is InChI=1S/C22H31N3O2S2/c1-7-10-24-21(27)19-16-9-8-15(6)11-17(16)29-20(19)23-22(24)28-12-18(26)25(13(2)3)14(4)5/h7,13-15H,1,8-12H2,2-6H3/t15-/m1/s1. The molecule has 2 aromatic rings. The van der Waals surface area contributed by atoms with Crippen molar-refractivity contribution in [2.24, 2.45) is 5.92 Å². The molecular formula is C22H31N3O2S2. The first-order chi connectivity index (χ1) is 13.7. The first-order valence-electron chi connectivity index (χ1n) is 10.3. The summed E-state index contributed by atoms with van der Waals surface area (Å²) in [5.74, 6) is 0.988. The highest BCUT2D eigenvalue weighted by Gasteiger charge is 2.25. The van der Waals surface area contributed by atoms with Gasteiger partial charge in [-0.1, -0.05) is 24.8 Å². The number of aryl methyl sites for hydroxylation is 1. The molecule has 158 valence electrons. The van der Waals surface area contributed by atoms with Crippen LogP contribution in [0.15, 0.2) is 22.6 Å². The van der Waals surface area contributed by atoms with E-state index in [1.165, 1.54) is 22.2 Å². The van der Waals surface area contributed by atoms with E-state index >= 15 is 0 Å². The number of carbonyl (C=O) groups excluding carboxylic acids is 1. The molecule has 2 heterocycles. The van der Waals surface area contributed by atoms with Crippen LogP contribution in [0.2, 0.25) is 0 Å². The van der Waals surface area contributed by atoms with Gasteiger partial charge >= 0.3 is 0 Å². The van der Waals surface area contributed by atoms with Crippen molar-refractivity contribution < 1.29 is 4.79 Å². The maximum atomic E-state index is 13.3. The molecule has 0 radical (unpaired) electrons. The van der Waals surface area contributed by atoms with Gasteiger partial charge in [-0.15, -0.1) is 17.9 Å². The van der Waals surface area contributed by atoms with E-state index in [4.69, 9.17) is 4.98 Å². The second kappa shape index (κ2) is 9.04. The molecule has 0 fully saturated rings. The third-order valence-corrected chi connectivity index (χ3v) is 7.53. The molecule has 5 nitrogen and oxygen atoms in total. The van der Waals surface area contributed by atoms with Crippen LogP contribution in [0, 0.1) is 5.92 Å². The van der Waals surface area contributed by atoms with Crippen LogP contribution in [0.25, 0.3) is 10.2 Å². The Kier molecular flexibility index (Phi) is 6.89. The summed E-state index contributed by atoms with van der Waals surface area (Å²) in [6.07, 6.45) is 4.81. The van der Waals surface area contributed by atoms with Crippen LogP contribution in [0.4, 0.5) is 0 Å². The fourth-order valence-electron chi connectivity index (χ4n) is 4.18. The number of thiophene rings is 1. The number of hydrogen-bond acceptors (Lipinski definition) is 5. The first kappa shape index (κ1) is 22.1. The van der Waals surface area contributed by atoms with Crippen LogP contribution in [-0.2, 0) is 24.2 Å². The maximum absolute atomic E-state index is 13.3. The van der Waals surface area contributed by atoms with Crippen molar-refractivity contribution in [2.75, 3.05) is 5.75 Å². The largest absolute Gasteiger partial charge is 0.337 e. The predicted molar refractivity (Wildman–Crippen MR) is 123 cm³/mol. The van der Waals surface area contributed by atoms with Crippen molar-refractivity contribution in [3.8, 4) is 0 Å². The van der Waals surface area contributed by atoms with Crippen LogP contribution >= 0.6 is 23.1 Å². The minimum atomic E-state index is 0.00137. The molecule has 0 aliphatic heterocycles. The van der Waals surface area contributed by atoms with Crippen molar-refractivity contribution in [2.45, 2.75) is 77.7 Å². The van der Waals surface area contributed by atoms with Crippen molar-refractivity contribution in [3.63, 3.8) is 0 Å². The van der Waals surface area contributed by atoms with Gasteiger partial charge in [0.1, 0.15) is 4.83 Å². The lowest BCUT2D eigenvalue weighted by atomic mass is 9.89. The fraction of sp³-hybridized carbons (Fsp3) is 0.591. The van der Waals surface area contributed by atoms with Crippen LogP contribution in [-0.4, -0.2) is 38.2 Å². The van der Waals surface area contributed by atoms with E-state index in [-0.39, 0.29) is 29.3 Å². The minimum Gasteiger partial charge on any atom is -0.337 e. The lowest BCUT2D eigenvalue weighted by molar-refractivity contribution is -0.131. The number of aromatic nitrogens is 2. The van der Waals surface area contributed by atoms with Gasteiger partial charge in [-0.2, -0.15) is 0 Å². The Morgan fingerprint density at radius 2 is 2.07 bits per heavy atom. The van der Waals surface area contributed by atoms with E-state index in [9.17, 15) is 9.59 Å². The molecule has 1 aliphatic rings. The Hall–Kier alpha value is -1.60. The minimum absolute atomic E-state index is 0.00137. The van der Waals surface area contributed by atoms with Gasteiger partial charge < -0.3 is 4.90 Å². The van der Waals surface area contributed by atoms with Crippen LogP contribution in [0.5, 0.6) is 0 Å². The third-order valence-electron chi connectivity index (χ3n) is 5.42. The maximum Gasteiger partial charge on any atom is 0.263 e. The summed E-state index contributed by atoms with van der Waals surface area (Å²) in [6.45, 7) is 14.6. The van der Waals surface area contributed by atoms with Gasteiger partial charge in [0.2, 0.25) is 5.91 Å². The Balaban J connectivity index is 1.97. The summed E-state index contributed by atoms with van der Waals surface area (Å²) in [5, 5.41) is 1.38. The van der Waals surface area contributed by atoms with Crippen molar-refractivity contribution >= 4 is 39.2 Å².